The smallest absolute Gasteiger partial charge is 0.295 e. The van der Waals surface area contributed by atoms with Gasteiger partial charge in [-0.3, -0.25) is 14.5 Å². The lowest BCUT2D eigenvalue weighted by Crippen LogP contribution is -2.38. The number of Topliss-reactive ketones (excluding diaryl/α,β-unsaturated/α-hetero) is 1. The number of hydrogen-bond donors (Lipinski definition) is 1. The van der Waals surface area contributed by atoms with Gasteiger partial charge in [-0.2, -0.15) is 0 Å². The molecule has 35 heavy (non-hydrogen) atoms. The van der Waals surface area contributed by atoms with Crippen LogP contribution in [0, 0.1) is 0 Å². The molecule has 8 heteroatoms. The molecule has 7 nitrogen and oxygen atoms in total. The van der Waals surface area contributed by atoms with Crippen LogP contribution in [-0.4, -0.2) is 72.6 Å². The number of rotatable bonds is 9. The predicted octanol–water partition coefficient (Wildman–Crippen LogP) is 4.16. The Morgan fingerprint density at radius 2 is 1.89 bits per heavy atom. The molecule has 0 saturated carbocycles. The van der Waals surface area contributed by atoms with Gasteiger partial charge in [-0.25, -0.2) is 0 Å². The summed E-state index contributed by atoms with van der Waals surface area (Å²) in [5.74, 6) is -0.844. The number of halogens is 1. The minimum Gasteiger partial charge on any atom is -0.507 e. The van der Waals surface area contributed by atoms with Crippen molar-refractivity contribution < 1.29 is 24.2 Å². The number of likely N-dealkylation sites (tertiary alicyclic amines) is 1. The van der Waals surface area contributed by atoms with Crippen LogP contribution in [0.25, 0.3) is 5.76 Å². The van der Waals surface area contributed by atoms with Gasteiger partial charge in [0.15, 0.2) is 0 Å². The molecule has 1 atom stereocenters. The maximum absolute atomic E-state index is 13.2. The summed E-state index contributed by atoms with van der Waals surface area (Å²) in [6.07, 6.45) is 2.36. The van der Waals surface area contributed by atoms with Crippen molar-refractivity contribution in [1.29, 1.82) is 0 Å². The van der Waals surface area contributed by atoms with Crippen molar-refractivity contribution in [2.24, 2.45) is 0 Å². The van der Waals surface area contributed by atoms with E-state index in [4.69, 9.17) is 9.47 Å². The molecule has 0 aliphatic carbocycles. The fourth-order valence-corrected chi connectivity index (χ4v) is 4.86. The third-order valence-electron chi connectivity index (χ3n) is 6.18. The molecule has 2 aliphatic heterocycles. The van der Waals surface area contributed by atoms with Crippen LogP contribution >= 0.6 is 15.9 Å². The first-order valence-corrected chi connectivity index (χ1v) is 12.5. The van der Waals surface area contributed by atoms with E-state index in [1.165, 1.54) is 0 Å². The summed E-state index contributed by atoms with van der Waals surface area (Å²) >= 11 is 3.49. The molecule has 2 saturated heterocycles. The molecular weight excluding hydrogens is 512 g/mol. The number of nitrogens with zero attached hydrogens (tertiary/aromatic N) is 2. The third kappa shape index (κ3) is 5.83. The van der Waals surface area contributed by atoms with E-state index in [-0.39, 0.29) is 11.3 Å². The zero-order chi connectivity index (χ0) is 24.8. The summed E-state index contributed by atoms with van der Waals surface area (Å²) in [6.45, 7) is 8.35. The van der Waals surface area contributed by atoms with Crippen molar-refractivity contribution in [1.82, 2.24) is 9.80 Å². The van der Waals surface area contributed by atoms with Crippen LogP contribution in [0.2, 0.25) is 0 Å². The topological polar surface area (TPSA) is 79.3 Å². The minimum atomic E-state index is -0.675. The minimum absolute atomic E-state index is 0.0965. The van der Waals surface area contributed by atoms with E-state index in [1.807, 2.05) is 24.3 Å². The normalized spacial score (nSPS) is 20.3. The van der Waals surface area contributed by atoms with Crippen molar-refractivity contribution in [3.05, 3.63) is 82.4 Å². The van der Waals surface area contributed by atoms with Crippen LogP contribution in [0.1, 0.15) is 23.6 Å². The van der Waals surface area contributed by atoms with Crippen molar-refractivity contribution >= 4 is 33.4 Å². The van der Waals surface area contributed by atoms with Gasteiger partial charge in [0.1, 0.15) is 18.1 Å². The van der Waals surface area contributed by atoms with Gasteiger partial charge in [0.05, 0.1) is 24.8 Å². The van der Waals surface area contributed by atoms with E-state index in [2.05, 4.69) is 27.4 Å². The number of ether oxygens (including phenoxy) is 2. The van der Waals surface area contributed by atoms with E-state index >= 15 is 0 Å². The number of aliphatic hydroxyl groups is 1. The first-order valence-electron chi connectivity index (χ1n) is 11.7. The Bertz CT molecular complexity index is 1110. The number of aliphatic hydroxyl groups excluding tert-OH is 1. The maximum Gasteiger partial charge on any atom is 0.295 e. The van der Waals surface area contributed by atoms with Crippen LogP contribution in [-0.2, 0) is 14.3 Å². The van der Waals surface area contributed by atoms with Crippen LogP contribution in [0.15, 0.2) is 71.2 Å². The summed E-state index contributed by atoms with van der Waals surface area (Å²) in [7, 11) is 0. The summed E-state index contributed by atoms with van der Waals surface area (Å²) in [6, 6.07) is 13.6. The van der Waals surface area contributed by atoms with Gasteiger partial charge in [-0.15, -0.1) is 0 Å². The van der Waals surface area contributed by atoms with Crippen LogP contribution in [0.5, 0.6) is 5.75 Å². The molecule has 1 N–H and O–H groups in total. The van der Waals surface area contributed by atoms with Crippen molar-refractivity contribution in [3.8, 4) is 5.75 Å². The highest BCUT2D eigenvalue weighted by Crippen LogP contribution is 2.40. The molecule has 2 heterocycles. The average Bonchev–Trinajstić information content (AvgIpc) is 3.13. The molecule has 0 radical (unpaired) electrons. The maximum atomic E-state index is 13.2. The number of hydrogen-bond acceptors (Lipinski definition) is 6. The highest BCUT2D eigenvalue weighted by atomic mass is 79.9. The van der Waals surface area contributed by atoms with E-state index < -0.39 is 17.7 Å². The first-order chi connectivity index (χ1) is 17.0. The Labute approximate surface area is 213 Å². The highest BCUT2D eigenvalue weighted by Gasteiger charge is 2.45. The molecule has 0 spiro atoms. The number of morpholine rings is 1. The van der Waals surface area contributed by atoms with Crippen molar-refractivity contribution in [3.63, 3.8) is 0 Å². The number of carbonyl (C=O) groups is 2. The molecule has 2 aliphatic rings. The second kappa shape index (κ2) is 11.7. The monoisotopic (exact) mass is 540 g/mol. The van der Waals surface area contributed by atoms with E-state index in [9.17, 15) is 14.7 Å². The van der Waals surface area contributed by atoms with E-state index in [0.717, 1.165) is 29.7 Å². The zero-order valence-electron chi connectivity index (χ0n) is 19.5. The Morgan fingerprint density at radius 3 is 2.57 bits per heavy atom. The van der Waals surface area contributed by atoms with Crippen molar-refractivity contribution in [2.45, 2.75) is 12.5 Å². The van der Waals surface area contributed by atoms with Crippen LogP contribution in [0.3, 0.4) is 0 Å². The van der Waals surface area contributed by atoms with Gasteiger partial charge >= 0.3 is 0 Å². The molecule has 0 aromatic heterocycles. The van der Waals surface area contributed by atoms with Gasteiger partial charge in [0.25, 0.3) is 11.7 Å². The Balaban J connectivity index is 1.64. The third-order valence-corrected chi connectivity index (χ3v) is 6.67. The number of carbonyl (C=O) groups excluding carboxylic acids is 2. The SMILES string of the molecule is C=CCOc1ccc(/C(O)=C2\C(=O)C(=O)N(CCCN3CCOCC3)C2c2cccc(Br)c2)cc1. The molecule has 0 bridgehead atoms. The zero-order valence-corrected chi connectivity index (χ0v) is 21.1. The highest BCUT2D eigenvalue weighted by molar-refractivity contribution is 9.10. The van der Waals surface area contributed by atoms with Gasteiger partial charge < -0.3 is 19.5 Å². The fourth-order valence-electron chi connectivity index (χ4n) is 4.44. The lowest BCUT2D eigenvalue weighted by atomic mass is 9.95. The predicted molar refractivity (Wildman–Crippen MR) is 137 cm³/mol. The van der Waals surface area contributed by atoms with Crippen LogP contribution < -0.4 is 4.74 Å². The lowest BCUT2D eigenvalue weighted by molar-refractivity contribution is -0.140. The average molecular weight is 541 g/mol. The van der Waals surface area contributed by atoms with Gasteiger partial charge in [0, 0.05) is 36.2 Å². The number of ketones is 1. The quantitative estimate of drug-likeness (QED) is 0.222. The number of benzene rings is 2. The second-order valence-corrected chi connectivity index (χ2v) is 9.39. The fraction of sp³-hybridized carbons (Fsp3) is 0.333. The Hall–Kier alpha value is -2.94. The largest absolute Gasteiger partial charge is 0.507 e. The molecule has 1 amide bonds. The summed E-state index contributed by atoms with van der Waals surface area (Å²) in [4.78, 5) is 30.2. The summed E-state index contributed by atoms with van der Waals surface area (Å²) in [5.41, 5.74) is 1.30. The summed E-state index contributed by atoms with van der Waals surface area (Å²) < 4.78 is 11.7. The standard InChI is InChI=1S/C27H29BrN2O5/c1-2-15-35-22-9-7-19(8-10-22)25(31)23-24(20-5-3-6-21(28)18-20)30(27(33)26(23)32)12-4-11-29-13-16-34-17-14-29/h2-3,5-10,18,24,31H,1,4,11-17H2/b25-23+. The molecule has 184 valence electrons. The van der Waals surface area contributed by atoms with Gasteiger partial charge in [-0.1, -0.05) is 40.7 Å². The van der Waals surface area contributed by atoms with Gasteiger partial charge in [0.2, 0.25) is 0 Å². The summed E-state index contributed by atoms with van der Waals surface area (Å²) in [5, 5.41) is 11.2. The Morgan fingerprint density at radius 1 is 1.14 bits per heavy atom. The molecule has 2 fully saturated rings. The molecule has 1 unspecified atom stereocenters. The first kappa shape index (κ1) is 25.2. The lowest BCUT2D eigenvalue weighted by Gasteiger charge is -2.29. The van der Waals surface area contributed by atoms with Crippen LogP contribution in [0.4, 0.5) is 0 Å². The van der Waals surface area contributed by atoms with E-state index in [0.29, 0.717) is 44.1 Å². The molecular formula is C27H29BrN2O5. The number of amides is 1. The van der Waals surface area contributed by atoms with Crippen molar-refractivity contribution in [2.75, 3.05) is 46.0 Å². The molecule has 2 aromatic rings. The van der Waals surface area contributed by atoms with E-state index in [1.54, 1.807) is 35.2 Å². The Kier molecular flexibility index (Phi) is 8.38. The second-order valence-electron chi connectivity index (χ2n) is 8.48. The molecule has 2 aromatic carbocycles. The van der Waals surface area contributed by atoms with Gasteiger partial charge in [-0.05, 0) is 48.4 Å². The molecule has 4 rings (SSSR count).